The number of hydrogen-bond donors (Lipinski definition) is 1. The van der Waals surface area contributed by atoms with E-state index in [1.807, 2.05) is 18.2 Å². The molecule has 5 nitrogen and oxygen atoms in total. The van der Waals surface area contributed by atoms with Gasteiger partial charge in [-0.05, 0) is 42.4 Å². The molecule has 0 bridgehead atoms. The van der Waals surface area contributed by atoms with Crippen molar-refractivity contribution in [1.82, 2.24) is 5.32 Å². The van der Waals surface area contributed by atoms with E-state index in [9.17, 15) is 4.79 Å². The van der Waals surface area contributed by atoms with Gasteiger partial charge in [-0.3, -0.25) is 4.79 Å². The highest BCUT2D eigenvalue weighted by molar-refractivity contribution is 6.01. The molecule has 2 aliphatic heterocycles. The van der Waals surface area contributed by atoms with Gasteiger partial charge >= 0.3 is 0 Å². The number of rotatable bonds is 7. The van der Waals surface area contributed by atoms with Gasteiger partial charge in [0.15, 0.2) is 0 Å². The van der Waals surface area contributed by atoms with Gasteiger partial charge in [0, 0.05) is 19.4 Å². The highest BCUT2D eigenvalue weighted by Gasteiger charge is 2.23. The summed E-state index contributed by atoms with van der Waals surface area (Å²) in [4.78, 5) is 17.6. The van der Waals surface area contributed by atoms with E-state index >= 15 is 0 Å². The molecule has 1 fully saturated rings. The Morgan fingerprint density at radius 1 is 0.966 bits per heavy atom. The SMILES string of the molecule is O=C(CC[C@@H]1CCCCO1)NC[C@H]1CC(c2ccc(-c3ccccc3)cc2)=NO1. The number of nitrogens with zero attached hydrogens (tertiary/aromatic N) is 1. The molecule has 0 spiro atoms. The quantitative estimate of drug-likeness (QED) is 0.764. The highest BCUT2D eigenvalue weighted by atomic mass is 16.6. The monoisotopic (exact) mass is 392 g/mol. The Bertz CT molecular complexity index is 827. The lowest BCUT2D eigenvalue weighted by atomic mass is 10.00. The molecule has 1 saturated heterocycles. The Balaban J connectivity index is 1.21. The van der Waals surface area contributed by atoms with E-state index in [0.29, 0.717) is 19.4 Å². The third-order valence-corrected chi connectivity index (χ3v) is 5.55. The van der Waals surface area contributed by atoms with Crippen molar-refractivity contribution in [2.45, 2.75) is 50.7 Å². The zero-order chi connectivity index (χ0) is 19.9. The summed E-state index contributed by atoms with van der Waals surface area (Å²) >= 11 is 0. The van der Waals surface area contributed by atoms with E-state index in [4.69, 9.17) is 9.57 Å². The highest BCUT2D eigenvalue weighted by Crippen LogP contribution is 2.22. The normalized spacial score (nSPS) is 21.3. The summed E-state index contributed by atoms with van der Waals surface area (Å²) < 4.78 is 5.68. The van der Waals surface area contributed by atoms with Gasteiger partial charge in [0.2, 0.25) is 5.91 Å². The smallest absolute Gasteiger partial charge is 0.220 e. The van der Waals surface area contributed by atoms with Gasteiger partial charge in [-0.2, -0.15) is 0 Å². The van der Waals surface area contributed by atoms with Crippen molar-refractivity contribution in [2.75, 3.05) is 13.2 Å². The van der Waals surface area contributed by atoms with Crippen LogP contribution in [0.5, 0.6) is 0 Å². The molecule has 152 valence electrons. The summed E-state index contributed by atoms with van der Waals surface area (Å²) in [5.74, 6) is 0.0587. The van der Waals surface area contributed by atoms with Crippen LogP contribution in [0.2, 0.25) is 0 Å². The van der Waals surface area contributed by atoms with Crippen LogP contribution >= 0.6 is 0 Å². The maximum Gasteiger partial charge on any atom is 0.220 e. The fourth-order valence-corrected chi connectivity index (χ4v) is 3.84. The Hall–Kier alpha value is -2.66. The largest absolute Gasteiger partial charge is 0.390 e. The maximum atomic E-state index is 12.1. The summed E-state index contributed by atoms with van der Waals surface area (Å²) in [6.45, 7) is 1.31. The van der Waals surface area contributed by atoms with Crippen molar-refractivity contribution >= 4 is 11.6 Å². The number of hydrogen-bond acceptors (Lipinski definition) is 4. The molecular formula is C24H28N2O3. The maximum absolute atomic E-state index is 12.1. The minimum absolute atomic E-state index is 0.0587. The van der Waals surface area contributed by atoms with Crippen LogP contribution < -0.4 is 5.32 Å². The Labute approximate surface area is 172 Å². The van der Waals surface area contributed by atoms with Crippen LogP contribution in [0, 0.1) is 0 Å². The number of nitrogens with one attached hydrogen (secondary N) is 1. The van der Waals surface area contributed by atoms with Crippen molar-refractivity contribution in [2.24, 2.45) is 5.16 Å². The van der Waals surface area contributed by atoms with E-state index in [0.717, 1.165) is 37.1 Å². The summed E-state index contributed by atoms with van der Waals surface area (Å²) in [5.41, 5.74) is 4.37. The Morgan fingerprint density at radius 3 is 2.48 bits per heavy atom. The van der Waals surface area contributed by atoms with E-state index < -0.39 is 0 Å². The average molecular weight is 392 g/mol. The summed E-state index contributed by atoms with van der Waals surface area (Å²) in [6.07, 6.45) is 5.56. The lowest BCUT2D eigenvalue weighted by molar-refractivity contribution is -0.122. The molecule has 0 aliphatic carbocycles. The first kappa shape index (κ1) is 19.6. The van der Waals surface area contributed by atoms with Crippen molar-refractivity contribution in [3.63, 3.8) is 0 Å². The predicted octanol–water partition coefficient (Wildman–Crippen LogP) is 4.31. The lowest BCUT2D eigenvalue weighted by Crippen LogP contribution is -2.33. The van der Waals surface area contributed by atoms with Crippen LogP contribution in [0.3, 0.4) is 0 Å². The molecule has 1 N–H and O–H groups in total. The lowest BCUT2D eigenvalue weighted by Gasteiger charge is -2.22. The molecule has 4 rings (SSSR count). The van der Waals surface area contributed by atoms with E-state index in [1.54, 1.807) is 0 Å². The summed E-state index contributed by atoms with van der Waals surface area (Å²) in [7, 11) is 0. The van der Waals surface area contributed by atoms with Gasteiger partial charge in [-0.15, -0.1) is 0 Å². The first-order valence-electron chi connectivity index (χ1n) is 10.5. The second kappa shape index (κ2) is 9.70. The molecule has 2 aromatic carbocycles. The van der Waals surface area contributed by atoms with Crippen LogP contribution in [0.15, 0.2) is 59.8 Å². The molecule has 2 atom stereocenters. The number of amides is 1. The van der Waals surface area contributed by atoms with Crippen LogP contribution in [-0.4, -0.2) is 37.0 Å². The first-order chi connectivity index (χ1) is 14.3. The number of carbonyl (C=O) groups excluding carboxylic acids is 1. The zero-order valence-corrected chi connectivity index (χ0v) is 16.7. The number of benzene rings is 2. The second-order valence-corrected chi connectivity index (χ2v) is 7.74. The third-order valence-electron chi connectivity index (χ3n) is 5.55. The summed E-state index contributed by atoms with van der Waals surface area (Å²) in [5, 5.41) is 7.21. The second-order valence-electron chi connectivity index (χ2n) is 7.74. The number of carbonyl (C=O) groups is 1. The molecular weight excluding hydrogens is 364 g/mol. The van der Waals surface area contributed by atoms with Gasteiger partial charge < -0.3 is 14.9 Å². The van der Waals surface area contributed by atoms with Gasteiger partial charge in [0.05, 0.1) is 18.4 Å². The van der Waals surface area contributed by atoms with Crippen molar-refractivity contribution in [3.05, 3.63) is 60.2 Å². The molecule has 0 unspecified atom stereocenters. The number of oxime groups is 1. The van der Waals surface area contributed by atoms with Gasteiger partial charge in [-0.25, -0.2) is 0 Å². The molecule has 29 heavy (non-hydrogen) atoms. The molecule has 1 amide bonds. The third kappa shape index (κ3) is 5.45. The topological polar surface area (TPSA) is 59.9 Å². The minimum Gasteiger partial charge on any atom is -0.390 e. The van der Waals surface area contributed by atoms with Gasteiger partial charge in [0.1, 0.15) is 6.10 Å². The van der Waals surface area contributed by atoms with Crippen LogP contribution in [0.4, 0.5) is 0 Å². The molecule has 2 aromatic rings. The molecule has 2 heterocycles. The average Bonchev–Trinajstić information content (AvgIpc) is 3.27. The van der Waals surface area contributed by atoms with E-state index in [1.165, 1.54) is 17.5 Å². The fraction of sp³-hybridized carbons (Fsp3) is 0.417. The standard InChI is InChI=1S/C24H28N2O3/c27-24(14-13-21-8-4-5-15-28-21)25-17-22-16-23(26-29-22)20-11-9-19(10-12-20)18-6-2-1-3-7-18/h1-3,6-7,9-12,21-22H,4-5,8,13-17H2,(H,25,27)/t21-,22+/m0/s1. The van der Waals surface area contributed by atoms with Gasteiger partial charge in [0.25, 0.3) is 0 Å². The molecule has 0 radical (unpaired) electrons. The molecule has 2 aliphatic rings. The minimum atomic E-state index is -0.103. The van der Waals surface area contributed by atoms with Crippen LogP contribution in [0.25, 0.3) is 11.1 Å². The molecule has 5 heteroatoms. The van der Waals surface area contributed by atoms with Crippen LogP contribution in [0.1, 0.15) is 44.1 Å². The van der Waals surface area contributed by atoms with Crippen molar-refractivity contribution < 1.29 is 14.4 Å². The van der Waals surface area contributed by atoms with E-state index in [2.05, 4.69) is 46.9 Å². The van der Waals surface area contributed by atoms with Crippen LogP contribution in [-0.2, 0) is 14.4 Å². The molecule has 0 saturated carbocycles. The number of ether oxygens (including phenoxy) is 1. The summed E-state index contributed by atoms with van der Waals surface area (Å²) in [6, 6.07) is 18.7. The zero-order valence-electron chi connectivity index (χ0n) is 16.7. The Kier molecular flexibility index (Phi) is 6.57. The van der Waals surface area contributed by atoms with E-state index in [-0.39, 0.29) is 18.1 Å². The van der Waals surface area contributed by atoms with Crippen molar-refractivity contribution in [3.8, 4) is 11.1 Å². The van der Waals surface area contributed by atoms with Crippen molar-refractivity contribution in [1.29, 1.82) is 0 Å². The first-order valence-corrected chi connectivity index (χ1v) is 10.5. The van der Waals surface area contributed by atoms with Gasteiger partial charge in [-0.1, -0.05) is 59.8 Å². The molecule has 0 aromatic heterocycles. The predicted molar refractivity (Wildman–Crippen MR) is 114 cm³/mol. The Morgan fingerprint density at radius 2 is 1.72 bits per heavy atom. The fourth-order valence-electron chi connectivity index (χ4n) is 3.84.